The van der Waals surface area contributed by atoms with Crippen molar-refractivity contribution in [2.75, 3.05) is 31.6 Å². The van der Waals surface area contributed by atoms with Gasteiger partial charge >= 0.3 is 5.97 Å². The molecule has 0 unspecified atom stereocenters. The van der Waals surface area contributed by atoms with Crippen LogP contribution in [0.5, 0.6) is 0 Å². The Hall–Kier alpha value is -2.51. The van der Waals surface area contributed by atoms with Crippen LogP contribution in [0.2, 0.25) is 0 Å². The summed E-state index contributed by atoms with van der Waals surface area (Å²) < 4.78 is 4.88. The number of imide groups is 1. The van der Waals surface area contributed by atoms with Gasteiger partial charge < -0.3 is 9.64 Å². The van der Waals surface area contributed by atoms with Crippen LogP contribution in [0.4, 0.5) is 5.95 Å². The zero-order valence-electron chi connectivity index (χ0n) is 11.7. The van der Waals surface area contributed by atoms with E-state index in [4.69, 9.17) is 4.74 Å². The number of ether oxygens (including phenoxy) is 1. The van der Waals surface area contributed by atoms with Gasteiger partial charge in [0.2, 0.25) is 11.9 Å². The maximum atomic E-state index is 11.7. The Morgan fingerprint density at radius 2 is 2.10 bits per heavy atom. The largest absolute Gasteiger partial charge is 0.454 e. The van der Waals surface area contributed by atoms with Crippen LogP contribution in [-0.4, -0.2) is 59.4 Å². The Morgan fingerprint density at radius 3 is 2.71 bits per heavy atom. The van der Waals surface area contributed by atoms with E-state index in [1.54, 1.807) is 25.5 Å². The normalized spacial score (nSPS) is 14.1. The van der Waals surface area contributed by atoms with E-state index in [1.807, 2.05) is 0 Å². The molecule has 0 spiro atoms. The molecule has 21 heavy (non-hydrogen) atoms. The molecule has 0 aromatic carbocycles. The van der Waals surface area contributed by atoms with Crippen LogP contribution < -0.4 is 4.90 Å². The molecule has 2 heterocycles. The molecule has 0 radical (unpaired) electrons. The van der Waals surface area contributed by atoms with Crippen LogP contribution in [0, 0.1) is 0 Å². The standard InChI is InChI=1S/C13H16N4O4/c1-16(13-14-5-3-6-15-13)8-12(20)21-9-11(19)17-7-2-4-10(17)18/h3,5-6H,2,4,7-9H2,1H3. The van der Waals surface area contributed by atoms with Crippen molar-refractivity contribution in [3.8, 4) is 0 Å². The van der Waals surface area contributed by atoms with E-state index in [1.165, 1.54) is 4.90 Å². The van der Waals surface area contributed by atoms with E-state index in [-0.39, 0.29) is 12.5 Å². The van der Waals surface area contributed by atoms with Crippen LogP contribution in [0.1, 0.15) is 12.8 Å². The number of aromatic nitrogens is 2. The lowest BCUT2D eigenvalue weighted by Crippen LogP contribution is -2.37. The average Bonchev–Trinajstić information content (AvgIpc) is 2.92. The number of hydrogen-bond acceptors (Lipinski definition) is 7. The SMILES string of the molecule is CN(CC(=O)OCC(=O)N1CCCC1=O)c1ncccn1. The van der Waals surface area contributed by atoms with Crippen molar-refractivity contribution in [2.45, 2.75) is 12.8 Å². The highest BCUT2D eigenvalue weighted by atomic mass is 16.5. The minimum Gasteiger partial charge on any atom is -0.454 e. The van der Waals surface area contributed by atoms with Crippen molar-refractivity contribution in [3.05, 3.63) is 18.5 Å². The van der Waals surface area contributed by atoms with E-state index in [2.05, 4.69) is 9.97 Å². The Kier molecular flexibility index (Phi) is 4.81. The van der Waals surface area contributed by atoms with Crippen molar-refractivity contribution in [1.82, 2.24) is 14.9 Å². The topological polar surface area (TPSA) is 92.7 Å². The van der Waals surface area contributed by atoms with Crippen molar-refractivity contribution in [2.24, 2.45) is 0 Å². The summed E-state index contributed by atoms with van der Waals surface area (Å²) in [6.07, 6.45) is 4.15. The van der Waals surface area contributed by atoms with E-state index < -0.39 is 18.5 Å². The fourth-order valence-corrected chi connectivity index (χ4v) is 1.93. The highest BCUT2D eigenvalue weighted by Gasteiger charge is 2.27. The molecular weight excluding hydrogens is 276 g/mol. The minimum absolute atomic E-state index is 0.0781. The summed E-state index contributed by atoms with van der Waals surface area (Å²) in [5, 5.41) is 0. The van der Waals surface area contributed by atoms with Crippen LogP contribution in [0.15, 0.2) is 18.5 Å². The van der Waals surface area contributed by atoms with Crippen molar-refractivity contribution in [3.63, 3.8) is 0 Å². The zero-order valence-corrected chi connectivity index (χ0v) is 11.7. The molecule has 1 aliphatic rings. The molecule has 2 rings (SSSR count). The predicted octanol–water partition coefficient (Wildman–Crippen LogP) is -0.395. The first kappa shape index (κ1) is 14.9. The summed E-state index contributed by atoms with van der Waals surface area (Å²) in [6, 6.07) is 1.67. The summed E-state index contributed by atoms with van der Waals surface area (Å²) in [7, 11) is 1.64. The van der Waals surface area contributed by atoms with Crippen LogP contribution >= 0.6 is 0 Å². The molecule has 0 aliphatic carbocycles. The van der Waals surface area contributed by atoms with Crippen LogP contribution in [0.25, 0.3) is 0 Å². The van der Waals surface area contributed by atoms with Gasteiger partial charge in [0.15, 0.2) is 6.61 Å². The smallest absolute Gasteiger partial charge is 0.326 e. The third-order valence-electron chi connectivity index (χ3n) is 2.99. The maximum Gasteiger partial charge on any atom is 0.326 e. The van der Waals surface area contributed by atoms with Gasteiger partial charge in [0.25, 0.3) is 5.91 Å². The van der Waals surface area contributed by atoms with Crippen molar-refractivity contribution < 1.29 is 19.1 Å². The van der Waals surface area contributed by atoms with Gasteiger partial charge in [0.05, 0.1) is 0 Å². The highest BCUT2D eigenvalue weighted by Crippen LogP contribution is 2.09. The lowest BCUT2D eigenvalue weighted by atomic mass is 10.4. The number of hydrogen-bond donors (Lipinski definition) is 0. The number of likely N-dealkylation sites (N-methyl/N-ethyl adjacent to an activating group) is 1. The van der Waals surface area contributed by atoms with Gasteiger partial charge in [0, 0.05) is 32.4 Å². The molecule has 1 aromatic rings. The van der Waals surface area contributed by atoms with Gasteiger partial charge in [-0.3, -0.25) is 19.3 Å². The Balaban J connectivity index is 1.77. The number of carbonyl (C=O) groups excluding carboxylic acids is 3. The molecule has 8 heteroatoms. The van der Waals surface area contributed by atoms with Gasteiger partial charge in [-0.15, -0.1) is 0 Å². The molecule has 1 saturated heterocycles. The molecule has 0 bridgehead atoms. The summed E-state index contributed by atoms with van der Waals surface area (Å²) in [4.78, 5) is 45.3. The van der Waals surface area contributed by atoms with E-state index in [0.717, 1.165) is 4.90 Å². The van der Waals surface area contributed by atoms with Gasteiger partial charge in [-0.25, -0.2) is 9.97 Å². The second-order valence-electron chi connectivity index (χ2n) is 4.61. The maximum absolute atomic E-state index is 11.7. The third-order valence-corrected chi connectivity index (χ3v) is 2.99. The predicted molar refractivity (Wildman–Crippen MR) is 72.2 cm³/mol. The second kappa shape index (κ2) is 6.78. The first-order chi connectivity index (χ1) is 10.1. The van der Waals surface area contributed by atoms with Gasteiger partial charge in [-0.1, -0.05) is 0 Å². The fraction of sp³-hybridized carbons (Fsp3) is 0.462. The number of carbonyl (C=O) groups is 3. The summed E-state index contributed by atoms with van der Waals surface area (Å²) >= 11 is 0. The molecular formula is C13H16N4O4. The first-order valence-electron chi connectivity index (χ1n) is 6.55. The molecule has 1 fully saturated rings. The molecule has 112 valence electrons. The van der Waals surface area contributed by atoms with Crippen LogP contribution in [0.3, 0.4) is 0 Å². The minimum atomic E-state index is -0.579. The number of esters is 1. The van der Waals surface area contributed by atoms with E-state index >= 15 is 0 Å². The number of anilines is 1. The number of nitrogens with zero attached hydrogens (tertiary/aromatic N) is 4. The van der Waals surface area contributed by atoms with Crippen molar-refractivity contribution in [1.29, 1.82) is 0 Å². The van der Waals surface area contributed by atoms with E-state index in [0.29, 0.717) is 25.3 Å². The zero-order chi connectivity index (χ0) is 15.2. The Bertz CT molecular complexity index is 534. The lowest BCUT2D eigenvalue weighted by Gasteiger charge is -2.16. The number of amides is 2. The summed E-state index contributed by atoms with van der Waals surface area (Å²) in [5.74, 6) is -0.893. The second-order valence-corrected chi connectivity index (χ2v) is 4.61. The third kappa shape index (κ3) is 3.98. The highest BCUT2D eigenvalue weighted by molar-refractivity contribution is 5.97. The first-order valence-corrected chi connectivity index (χ1v) is 6.55. The van der Waals surface area contributed by atoms with Crippen molar-refractivity contribution >= 4 is 23.7 Å². The quantitative estimate of drug-likeness (QED) is 0.682. The Morgan fingerprint density at radius 1 is 1.38 bits per heavy atom. The molecule has 0 N–H and O–H groups in total. The van der Waals surface area contributed by atoms with Gasteiger partial charge in [-0.05, 0) is 12.5 Å². The monoisotopic (exact) mass is 292 g/mol. The fourth-order valence-electron chi connectivity index (χ4n) is 1.93. The molecule has 0 atom stereocenters. The Labute approximate surface area is 121 Å². The summed E-state index contributed by atoms with van der Waals surface area (Å²) in [6.45, 7) is -0.105. The average molecular weight is 292 g/mol. The summed E-state index contributed by atoms with van der Waals surface area (Å²) in [5.41, 5.74) is 0. The molecule has 2 amide bonds. The lowest BCUT2D eigenvalue weighted by molar-refractivity contribution is -0.153. The molecule has 0 saturated carbocycles. The van der Waals surface area contributed by atoms with Gasteiger partial charge in [0.1, 0.15) is 6.54 Å². The number of likely N-dealkylation sites (tertiary alicyclic amines) is 1. The molecule has 1 aliphatic heterocycles. The van der Waals surface area contributed by atoms with E-state index in [9.17, 15) is 14.4 Å². The van der Waals surface area contributed by atoms with Crippen LogP contribution in [-0.2, 0) is 19.1 Å². The number of rotatable bonds is 5. The molecule has 1 aromatic heterocycles. The molecule has 8 nitrogen and oxygen atoms in total. The van der Waals surface area contributed by atoms with Gasteiger partial charge in [-0.2, -0.15) is 0 Å².